The summed E-state index contributed by atoms with van der Waals surface area (Å²) in [7, 11) is 1.83. The third-order valence-electron chi connectivity index (χ3n) is 1.78. The molecule has 0 aromatic carbocycles. The normalized spacial score (nSPS) is 12.7. The summed E-state index contributed by atoms with van der Waals surface area (Å²) < 4.78 is 1.73. The third-order valence-corrected chi connectivity index (χ3v) is 1.78. The second-order valence-electron chi connectivity index (χ2n) is 2.97. The Morgan fingerprint density at radius 2 is 2.57 bits per heavy atom. The van der Waals surface area contributed by atoms with Gasteiger partial charge in [-0.2, -0.15) is 10.6 Å². The van der Waals surface area contributed by atoms with Crippen molar-refractivity contribution in [2.75, 3.05) is 6.61 Å². The van der Waals surface area contributed by atoms with Gasteiger partial charge in [0.1, 0.15) is 6.61 Å². The van der Waals surface area contributed by atoms with E-state index in [0.29, 0.717) is 0 Å². The standard InChI is InChI=1S/C8H14N4O2/c1-6(11-14-5-8(9)13)7-3-4-10-12(7)2/h3-4,6,11H,5H2,1-2H3,(H2,9,13). The fourth-order valence-electron chi connectivity index (χ4n) is 1.11. The molecular weight excluding hydrogens is 184 g/mol. The van der Waals surface area contributed by atoms with Crippen LogP contribution in [0.2, 0.25) is 0 Å². The Balaban J connectivity index is 2.39. The average Bonchev–Trinajstić information content (AvgIpc) is 2.50. The predicted molar refractivity (Wildman–Crippen MR) is 49.9 cm³/mol. The summed E-state index contributed by atoms with van der Waals surface area (Å²) in [6.07, 6.45) is 1.70. The molecule has 0 aliphatic carbocycles. The fraction of sp³-hybridized carbons (Fsp3) is 0.500. The Morgan fingerprint density at radius 3 is 3.07 bits per heavy atom. The quantitative estimate of drug-likeness (QED) is 0.624. The van der Waals surface area contributed by atoms with Crippen LogP contribution < -0.4 is 11.2 Å². The van der Waals surface area contributed by atoms with E-state index in [1.807, 2.05) is 20.0 Å². The summed E-state index contributed by atoms with van der Waals surface area (Å²) in [6.45, 7) is 1.76. The summed E-state index contributed by atoms with van der Waals surface area (Å²) >= 11 is 0. The minimum Gasteiger partial charge on any atom is -0.368 e. The number of hydrogen-bond donors (Lipinski definition) is 2. The van der Waals surface area contributed by atoms with Crippen molar-refractivity contribution in [1.82, 2.24) is 15.3 Å². The van der Waals surface area contributed by atoms with Gasteiger partial charge < -0.3 is 5.73 Å². The number of hydrogen-bond acceptors (Lipinski definition) is 4. The van der Waals surface area contributed by atoms with Crippen molar-refractivity contribution < 1.29 is 9.63 Å². The monoisotopic (exact) mass is 198 g/mol. The summed E-state index contributed by atoms with van der Waals surface area (Å²) in [6, 6.07) is 1.83. The molecule has 6 nitrogen and oxygen atoms in total. The highest BCUT2D eigenvalue weighted by Gasteiger charge is 2.08. The maximum absolute atomic E-state index is 10.4. The van der Waals surface area contributed by atoms with E-state index in [0.717, 1.165) is 5.69 Å². The van der Waals surface area contributed by atoms with Gasteiger partial charge in [-0.3, -0.25) is 14.3 Å². The molecule has 1 heterocycles. The largest absolute Gasteiger partial charge is 0.368 e. The lowest BCUT2D eigenvalue weighted by Crippen LogP contribution is -2.27. The number of carbonyl (C=O) groups is 1. The van der Waals surface area contributed by atoms with Crippen LogP contribution in [-0.2, 0) is 16.7 Å². The van der Waals surface area contributed by atoms with E-state index in [1.54, 1.807) is 10.9 Å². The number of amides is 1. The number of aryl methyl sites for hydroxylation is 1. The molecule has 1 aromatic rings. The van der Waals surface area contributed by atoms with E-state index in [9.17, 15) is 4.79 Å². The molecule has 0 saturated carbocycles. The Hall–Kier alpha value is -1.40. The van der Waals surface area contributed by atoms with Gasteiger partial charge in [0.15, 0.2) is 0 Å². The first-order valence-corrected chi connectivity index (χ1v) is 4.24. The molecule has 1 unspecified atom stereocenters. The molecule has 0 aliphatic rings. The van der Waals surface area contributed by atoms with Crippen LogP contribution in [0.1, 0.15) is 18.7 Å². The minimum atomic E-state index is -0.505. The number of nitrogens with two attached hydrogens (primary N) is 1. The van der Waals surface area contributed by atoms with Crippen LogP contribution in [-0.4, -0.2) is 22.3 Å². The Morgan fingerprint density at radius 1 is 1.86 bits per heavy atom. The zero-order valence-electron chi connectivity index (χ0n) is 8.23. The summed E-state index contributed by atoms with van der Waals surface area (Å²) in [5.41, 5.74) is 8.57. The molecule has 1 rings (SSSR count). The Labute approximate surface area is 82.0 Å². The molecule has 0 spiro atoms. The Bertz CT molecular complexity index is 310. The van der Waals surface area contributed by atoms with Crippen LogP contribution in [0.3, 0.4) is 0 Å². The highest BCUT2D eigenvalue weighted by Crippen LogP contribution is 2.09. The summed E-state index contributed by atoms with van der Waals surface area (Å²) in [5, 5.41) is 4.01. The smallest absolute Gasteiger partial charge is 0.245 e. The van der Waals surface area contributed by atoms with Crippen molar-refractivity contribution in [2.24, 2.45) is 12.8 Å². The number of nitrogens with zero attached hydrogens (tertiary/aromatic N) is 2. The van der Waals surface area contributed by atoms with Gasteiger partial charge in [-0.25, -0.2) is 0 Å². The van der Waals surface area contributed by atoms with Crippen molar-refractivity contribution in [3.63, 3.8) is 0 Å². The molecule has 3 N–H and O–H groups in total. The predicted octanol–water partition coefficient (Wildman–Crippen LogP) is -0.512. The van der Waals surface area contributed by atoms with Crippen LogP contribution in [0.25, 0.3) is 0 Å². The highest BCUT2D eigenvalue weighted by atomic mass is 16.6. The lowest BCUT2D eigenvalue weighted by molar-refractivity contribution is -0.126. The topological polar surface area (TPSA) is 82.2 Å². The van der Waals surface area contributed by atoms with E-state index >= 15 is 0 Å². The molecule has 1 amide bonds. The highest BCUT2D eigenvalue weighted by molar-refractivity contribution is 5.74. The van der Waals surface area contributed by atoms with E-state index in [2.05, 4.69) is 10.6 Å². The zero-order chi connectivity index (χ0) is 10.6. The van der Waals surface area contributed by atoms with E-state index in [1.165, 1.54) is 0 Å². The van der Waals surface area contributed by atoms with Gasteiger partial charge >= 0.3 is 0 Å². The summed E-state index contributed by atoms with van der Waals surface area (Å²) in [5.74, 6) is -0.505. The van der Waals surface area contributed by atoms with Crippen LogP contribution in [0.5, 0.6) is 0 Å². The van der Waals surface area contributed by atoms with Gasteiger partial charge in [0.05, 0.1) is 11.7 Å². The lowest BCUT2D eigenvalue weighted by Gasteiger charge is -2.12. The minimum absolute atomic E-state index is 0.0400. The second kappa shape index (κ2) is 4.73. The van der Waals surface area contributed by atoms with Crippen LogP contribution in [0.15, 0.2) is 12.3 Å². The SMILES string of the molecule is CC(NOCC(N)=O)c1ccnn1C. The molecule has 6 heteroatoms. The van der Waals surface area contributed by atoms with Crippen molar-refractivity contribution in [3.05, 3.63) is 18.0 Å². The molecular formula is C8H14N4O2. The molecule has 1 aromatic heterocycles. The van der Waals surface area contributed by atoms with Crippen LogP contribution in [0.4, 0.5) is 0 Å². The summed E-state index contributed by atoms with van der Waals surface area (Å²) in [4.78, 5) is 15.2. The first kappa shape index (κ1) is 10.7. The van der Waals surface area contributed by atoms with E-state index < -0.39 is 5.91 Å². The van der Waals surface area contributed by atoms with Gasteiger partial charge in [0.25, 0.3) is 0 Å². The first-order valence-electron chi connectivity index (χ1n) is 4.24. The first-order chi connectivity index (χ1) is 6.61. The van der Waals surface area contributed by atoms with Crippen molar-refractivity contribution in [1.29, 1.82) is 0 Å². The van der Waals surface area contributed by atoms with Gasteiger partial charge in [-0.05, 0) is 13.0 Å². The van der Waals surface area contributed by atoms with Gasteiger partial charge in [-0.15, -0.1) is 0 Å². The Kier molecular flexibility index (Phi) is 3.61. The van der Waals surface area contributed by atoms with Crippen molar-refractivity contribution in [3.8, 4) is 0 Å². The van der Waals surface area contributed by atoms with Crippen molar-refractivity contribution >= 4 is 5.91 Å². The average molecular weight is 198 g/mol. The number of primary amides is 1. The van der Waals surface area contributed by atoms with Gasteiger partial charge in [0.2, 0.25) is 5.91 Å². The van der Waals surface area contributed by atoms with Gasteiger partial charge in [-0.1, -0.05) is 0 Å². The fourth-order valence-corrected chi connectivity index (χ4v) is 1.11. The molecule has 78 valence electrons. The van der Waals surface area contributed by atoms with E-state index in [4.69, 9.17) is 10.6 Å². The number of rotatable bonds is 5. The molecule has 0 aliphatic heterocycles. The molecule has 0 saturated heterocycles. The number of aromatic nitrogens is 2. The number of carbonyl (C=O) groups excluding carboxylic acids is 1. The van der Waals surface area contributed by atoms with Crippen LogP contribution >= 0.6 is 0 Å². The molecule has 0 bridgehead atoms. The van der Waals surface area contributed by atoms with Crippen LogP contribution in [0, 0.1) is 0 Å². The molecule has 14 heavy (non-hydrogen) atoms. The maximum atomic E-state index is 10.4. The second-order valence-corrected chi connectivity index (χ2v) is 2.97. The molecule has 0 radical (unpaired) electrons. The molecule has 0 fully saturated rings. The maximum Gasteiger partial charge on any atom is 0.245 e. The lowest BCUT2D eigenvalue weighted by atomic mass is 10.2. The van der Waals surface area contributed by atoms with E-state index in [-0.39, 0.29) is 12.6 Å². The number of hydroxylamine groups is 1. The van der Waals surface area contributed by atoms with Crippen molar-refractivity contribution in [2.45, 2.75) is 13.0 Å². The zero-order valence-corrected chi connectivity index (χ0v) is 8.23. The molecule has 1 atom stereocenters. The number of nitrogens with one attached hydrogen (secondary N) is 1. The van der Waals surface area contributed by atoms with Gasteiger partial charge in [0, 0.05) is 13.2 Å². The third kappa shape index (κ3) is 2.82.